The highest BCUT2D eigenvalue weighted by atomic mass is 16.5. The van der Waals surface area contributed by atoms with Crippen LogP contribution in [0.5, 0.6) is 0 Å². The molecule has 22 heavy (non-hydrogen) atoms. The zero-order chi connectivity index (χ0) is 17.0. The second-order valence-corrected chi connectivity index (χ2v) is 4.07. The van der Waals surface area contributed by atoms with E-state index in [1.165, 1.54) is 19.2 Å². The number of unbranched alkanes of at least 4 members (excludes halogenated alkanes) is 1. The molecule has 0 radical (unpaired) electrons. The molecule has 0 atom stereocenters. The van der Waals surface area contributed by atoms with Crippen molar-refractivity contribution in [1.82, 2.24) is 0 Å². The summed E-state index contributed by atoms with van der Waals surface area (Å²) in [6.45, 7) is 1.78. The molecule has 2 N–H and O–H groups in total. The summed E-state index contributed by atoms with van der Waals surface area (Å²) >= 11 is 0. The quantitative estimate of drug-likeness (QED) is 0.605. The monoisotopic (exact) mass is 312 g/mol. The first-order chi connectivity index (χ1) is 10.5. The maximum absolute atomic E-state index is 11.6. The number of carbonyl (C=O) groups excluding carboxylic acids is 2. The van der Waals surface area contributed by atoms with Crippen LogP contribution in [0.15, 0.2) is 24.3 Å². The first kappa shape index (κ1) is 19.6. The molecule has 1 aromatic rings. The van der Waals surface area contributed by atoms with Crippen LogP contribution < -0.4 is 0 Å². The molecule has 0 aliphatic carbocycles. The molecule has 1 rings (SSSR count). The highest BCUT2D eigenvalue weighted by Crippen LogP contribution is 2.10. The number of ether oxygens (including phenoxy) is 2. The van der Waals surface area contributed by atoms with Crippen LogP contribution in [0.2, 0.25) is 0 Å². The van der Waals surface area contributed by atoms with Gasteiger partial charge in [0, 0.05) is 0 Å². The predicted molar refractivity (Wildman–Crippen MR) is 77.7 cm³/mol. The average molecular weight is 312 g/mol. The van der Waals surface area contributed by atoms with E-state index in [4.69, 9.17) is 14.9 Å². The molecule has 0 aliphatic rings. The van der Waals surface area contributed by atoms with Gasteiger partial charge >= 0.3 is 17.9 Å². The lowest BCUT2D eigenvalue weighted by molar-refractivity contribution is -0.143. The van der Waals surface area contributed by atoms with E-state index in [-0.39, 0.29) is 11.1 Å². The Morgan fingerprint density at radius 3 is 2.14 bits per heavy atom. The Bertz CT molecular complexity index is 490. The number of benzene rings is 1. The summed E-state index contributed by atoms with van der Waals surface area (Å²) in [7, 11) is 1.22. The van der Waals surface area contributed by atoms with Crippen LogP contribution in [-0.4, -0.2) is 48.4 Å². The maximum Gasteiger partial charge on any atom is 0.339 e. The number of aliphatic hydroxyl groups is 1. The Kier molecular flexibility index (Phi) is 10.0. The van der Waals surface area contributed by atoms with E-state index in [0.717, 1.165) is 12.8 Å². The Labute approximate surface area is 128 Å². The van der Waals surface area contributed by atoms with Gasteiger partial charge in [0.1, 0.15) is 6.61 Å². The number of carboxylic acid groups (broad SMARTS) is 1. The van der Waals surface area contributed by atoms with Gasteiger partial charge < -0.3 is 19.7 Å². The topological polar surface area (TPSA) is 110 Å². The molecule has 0 fully saturated rings. The van der Waals surface area contributed by atoms with Crippen molar-refractivity contribution in [1.29, 1.82) is 0 Å². The van der Waals surface area contributed by atoms with Crippen LogP contribution in [-0.2, 0) is 14.3 Å². The number of aromatic carboxylic acids is 1. The van der Waals surface area contributed by atoms with E-state index in [1.54, 1.807) is 12.1 Å². The minimum absolute atomic E-state index is 0.0241. The van der Waals surface area contributed by atoms with Crippen LogP contribution in [0, 0.1) is 0 Å². The fourth-order valence-electron chi connectivity index (χ4n) is 1.30. The molecule has 0 aliphatic heterocycles. The van der Waals surface area contributed by atoms with Crippen molar-refractivity contribution < 1.29 is 34.1 Å². The van der Waals surface area contributed by atoms with Gasteiger partial charge in [-0.05, 0) is 18.6 Å². The minimum atomic E-state index is -1.12. The SMILES string of the molecule is CCCCOC(=O)c1ccccc1C(=O)O.COC(=O)CO. The third-order valence-electron chi connectivity index (χ3n) is 2.47. The van der Waals surface area contributed by atoms with Crippen molar-refractivity contribution in [3.63, 3.8) is 0 Å². The normalized spacial score (nSPS) is 9.23. The number of aliphatic hydroxyl groups excluding tert-OH is 1. The molecule has 122 valence electrons. The van der Waals surface area contributed by atoms with Gasteiger partial charge in [0.2, 0.25) is 0 Å². The second kappa shape index (κ2) is 11.3. The standard InChI is InChI=1S/C12H14O4.C3H6O3/c1-2-3-8-16-12(15)10-7-5-4-6-9(10)11(13)14;1-6-3(5)2-4/h4-7H,2-3,8H2,1H3,(H,13,14);4H,2H2,1H3. The molecule has 7 nitrogen and oxygen atoms in total. The van der Waals surface area contributed by atoms with Crippen molar-refractivity contribution in [3.05, 3.63) is 35.4 Å². The van der Waals surface area contributed by atoms with E-state index < -0.39 is 24.5 Å². The van der Waals surface area contributed by atoms with Crippen molar-refractivity contribution in [2.24, 2.45) is 0 Å². The molecule has 7 heteroatoms. The number of methoxy groups -OCH3 is 1. The first-order valence-corrected chi connectivity index (χ1v) is 6.65. The van der Waals surface area contributed by atoms with Gasteiger partial charge in [-0.3, -0.25) is 0 Å². The molecule has 0 unspecified atom stereocenters. The molecule has 1 aromatic carbocycles. The molecule has 0 saturated heterocycles. The van der Waals surface area contributed by atoms with Gasteiger partial charge in [-0.15, -0.1) is 0 Å². The molecule has 0 heterocycles. The van der Waals surface area contributed by atoms with E-state index in [2.05, 4.69) is 4.74 Å². The summed E-state index contributed by atoms with van der Waals surface area (Å²) in [6, 6.07) is 6.03. The van der Waals surface area contributed by atoms with Crippen molar-refractivity contribution in [2.45, 2.75) is 19.8 Å². The molecule has 0 saturated carbocycles. The lowest BCUT2D eigenvalue weighted by Crippen LogP contribution is -2.12. The summed E-state index contributed by atoms with van der Waals surface area (Å²) in [5.41, 5.74) is 0.0788. The predicted octanol–water partition coefficient (Wildman–Crippen LogP) is 1.49. The molecule has 0 bridgehead atoms. The fraction of sp³-hybridized carbons (Fsp3) is 0.400. The van der Waals surface area contributed by atoms with Crippen LogP contribution in [0.3, 0.4) is 0 Å². The molecule has 0 aromatic heterocycles. The molecule has 0 amide bonds. The van der Waals surface area contributed by atoms with Crippen molar-refractivity contribution >= 4 is 17.9 Å². The van der Waals surface area contributed by atoms with Crippen LogP contribution in [0.1, 0.15) is 40.5 Å². The fourth-order valence-corrected chi connectivity index (χ4v) is 1.30. The van der Waals surface area contributed by atoms with Crippen LogP contribution in [0.25, 0.3) is 0 Å². The summed E-state index contributed by atoms with van der Waals surface area (Å²) in [5, 5.41) is 16.7. The zero-order valence-corrected chi connectivity index (χ0v) is 12.6. The van der Waals surface area contributed by atoms with Crippen LogP contribution in [0.4, 0.5) is 0 Å². The van der Waals surface area contributed by atoms with Gasteiger partial charge in [-0.2, -0.15) is 0 Å². The third kappa shape index (κ3) is 7.39. The number of hydrogen-bond acceptors (Lipinski definition) is 6. The smallest absolute Gasteiger partial charge is 0.339 e. The van der Waals surface area contributed by atoms with Gasteiger partial charge in [-0.1, -0.05) is 25.5 Å². The summed E-state index contributed by atoms with van der Waals surface area (Å²) < 4.78 is 8.97. The Morgan fingerprint density at radius 1 is 1.14 bits per heavy atom. The number of hydrogen-bond donors (Lipinski definition) is 2. The number of rotatable bonds is 6. The van der Waals surface area contributed by atoms with Gasteiger partial charge in [0.25, 0.3) is 0 Å². The molecule has 0 spiro atoms. The minimum Gasteiger partial charge on any atom is -0.478 e. The first-order valence-electron chi connectivity index (χ1n) is 6.65. The highest BCUT2D eigenvalue weighted by Gasteiger charge is 2.16. The third-order valence-corrected chi connectivity index (χ3v) is 2.47. The van der Waals surface area contributed by atoms with E-state index in [9.17, 15) is 14.4 Å². The largest absolute Gasteiger partial charge is 0.478 e. The van der Waals surface area contributed by atoms with Crippen LogP contribution >= 0.6 is 0 Å². The Balaban J connectivity index is 0.000000626. The molecular formula is C15H20O7. The number of carbonyl (C=O) groups is 3. The number of esters is 2. The highest BCUT2D eigenvalue weighted by molar-refractivity contribution is 6.02. The lowest BCUT2D eigenvalue weighted by atomic mass is 10.1. The summed E-state index contributed by atoms with van der Waals surface area (Å²) in [5.74, 6) is -2.30. The van der Waals surface area contributed by atoms with E-state index in [1.807, 2.05) is 6.92 Å². The van der Waals surface area contributed by atoms with Crippen molar-refractivity contribution in [2.75, 3.05) is 20.3 Å². The maximum atomic E-state index is 11.6. The second-order valence-electron chi connectivity index (χ2n) is 4.07. The Hall–Kier alpha value is -2.41. The van der Waals surface area contributed by atoms with E-state index >= 15 is 0 Å². The van der Waals surface area contributed by atoms with Gasteiger partial charge in [0.05, 0.1) is 24.8 Å². The summed E-state index contributed by atoms with van der Waals surface area (Å²) in [6.07, 6.45) is 1.70. The number of carboxylic acids is 1. The Morgan fingerprint density at radius 2 is 1.73 bits per heavy atom. The van der Waals surface area contributed by atoms with Gasteiger partial charge in [0.15, 0.2) is 0 Å². The lowest BCUT2D eigenvalue weighted by Gasteiger charge is -2.06. The van der Waals surface area contributed by atoms with Gasteiger partial charge in [-0.25, -0.2) is 14.4 Å². The van der Waals surface area contributed by atoms with E-state index in [0.29, 0.717) is 6.61 Å². The zero-order valence-electron chi connectivity index (χ0n) is 12.6. The molecular weight excluding hydrogens is 292 g/mol. The summed E-state index contributed by atoms with van der Waals surface area (Å²) in [4.78, 5) is 32.1. The van der Waals surface area contributed by atoms with Crippen molar-refractivity contribution in [3.8, 4) is 0 Å². The average Bonchev–Trinajstić information content (AvgIpc) is 2.54.